The highest BCUT2D eigenvalue weighted by molar-refractivity contribution is 8.00. The molecule has 0 fully saturated rings. The van der Waals surface area contributed by atoms with E-state index in [1.165, 1.54) is 15.4 Å². The molecule has 0 radical (unpaired) electrons. The summed E-state index contributed by atoms with van der Waals surface area (Å²) in [6.07, 6.45) is 0.940. The molecular formula is C15H19N3OS. The van der Waals surface area contributed by atoms with Gasteiger partial charge in [0.25, 0.3) is 0 Å². The van der Waals surface area contributed by atoms with Gasteiger partial charge < -0.3 is 5.73 Å². The van der Waals surface area contributed by atoms with Crippen molar-refractivity contribution in [3.63, 3.8) is 0 Å². The van der Waals surface area contributed by atoms with Gasteiger partial charge in [-0.2, -0.15) is 0 Å². The highest BCUT2D eigenvalue weighted by atomic mass is 32.2. The molecule has 106 valence electrons. The number of thioether (sulfide) groups is 1. The Hall–Kier alpha value is -1.49. The van der Waals surface area contributed by atoms with E-state index < -0.39 is 5.54 Å². The van der Waals surface area contributed by atoms with Gasteiger partial charge in [-0.05, 0) is 25.0 Å². The third kappa shape index (κ3) is 1.84. The zero-order valence-corrected chi connectivity index (χ0v) is 12.8. The van der Waals surface area contributed by atoms with Gasteiger partial charge in [-0.25, -0.2) is 4.99 Å². The third-order valence-corrected chi connectivity index (χ3v) is 6.16. The van der Waals surface area contributed by atoms with Crippen LogP contribution in [-0.4, -0.2) is 34.6 Å². The van der Waals surface area contributed by atoms with Crippen LogP contribution in [0.5, 0.6) is 0 Å². The van der Waals surface area contributed by atoms with Gasteiger partial charge in [-0.1, -0.05) is 25.1 Å². The number of hydrogen-bond acceptors (Lipinski definition) is 4. The first-order chi connectivity index (χ1) is 9.43. The number of carbonyl (C=O) groups excluding carboxylic acids is 1. The Morgan fingerprint density at radius 3 is 2.85 bits per heavy atom. The number of nitrogens with zero attached hydrogens (tertiary/aromatic N) is 2. The second-order valence-electron chi connectivity index (χ2n) is 5.73. The molecule has 1 aromatic rings. The molecule has 4 nitrogen and oxygen atoms in total. The molecule has 0 bridgehead atoms. The van der Waals surface area contributed by atoms with Crippen molar-refractivity contribution in [1.29, 1.82) is 0 Å². The summed E-state index contributed by atoms with van der Waals surface area (Å²) in [6, 6.07) is 8.40. The largest absolute Gasteiger partial charge is 0.369 e. The molecular weight excluding hydrogens is 270 g/mol. The lowest BCUT2D eigenvalue weighted by atomic mass is 9.80. The number of fused-ring (bicyclic) bond motifs is 1. The van der Waals surface area contributed by atoms with Crippen molar-refractivity contribution >= 4 is 23.6 Å². The fourth-order valence-corrected chi connectivity index (χ4v) is 4.46. The number of guanidine groups is 1. The monoisotopic (exact) mass is 289 g/mol. The maximum absolute atomic E-state index is 12.3. The van der Waals surface area contributed by atoms with Crippen LogP contribution in [0, 0.1) is 5.92 Å². The molecule has 0 aromatic heterocycles. The smallest absolute Gasteiger partial charge is 0.234 e. The molecule has 2 heterocycles. The Balaban J connectivity index is 1.96. The lowest BCUT2D eigenvalue weighted by molar-refractivity contribution is -0.133. The summed E-state index contributed by atoms with van der Waals surface area (Å²) >= 11 is 1.82. The number of aliphatic imine (C=N–C) groups is 1. The molecule has 20 heavy (non-hydrogen) atoms. The van der Waals surface area contributed by atoms with E-state index >= 15 is 0 Å². The Morgan fingerprint density at radius 2 is 2.15 bits per heavy atom. The Morgan fingerprint density at radius 1 is 1.45 bits per heavy atom. The van der Waals surface area contributed by atoms with Crippen molar-refractivity contribution in [3.8, 4) is 0 Å². The average Bonchev–Trinajstić information content (AvgIpc) is 2.87. The van der Waals surface area contributed by atoms with Crippen LogP contribution in [0.25, 0.3) is 0 Å². The van der Waals surface area contributed by atoms with Crippen molar-refractivity contribution in [3.05, 3.63) is 29.8 Å². The standard InChI is InChI=1S/C15H19N3OS/c1-9-13(19)18(3)14(16)17-15(9,2)12-8-10-6-4-5-7-11(10)20-12/h4-7,9,12H,8H2,1-3H3,(H2,16,17)/t9-,12?,15-/m0/s1. The van der Waals surface area contributed by atoms with Gasteiger partial charge >= 0.3 is 0 Å². The summed E-state index contributed by atoms with van der Waals surface area (Å²) in [5, 5.41) is 0.256. The molecule has 0 saturated carbocycles. The maximum atomic E-state index is 12.3. The van der Waals surface area contributed by atoms with E-state index in [4.69, 9.17) is 5.73 Å². The van der Waals surface area contributed by atoms with Crippen LogP contribution in [0.1, 0.15) is 19.4 Å². The fourth-order valence-electron chi connectivity index (χ4n) is 2.93. The first kappa shape index (κ1) is 13.5. The number of carbonyl (C=O) groups is 1. The molecule has 1 aromatic carbocycles. The van der Waals surface area contributed by atoms with Gasteiger partial charge in [0, 0.05) is 17.2 Å². The quantitative estimate of drug-likeness (QED) is 0.859. The number of hydrogen-bond donors (Lipinski definition) is 1. The predicted molar refractivity (Wildman–Crippen MR) is 81.8 cm³/mol. The lowest BCUT2D eigenvalue weighted by Gasteiger charge is -2.41. The summed E-state index contributed by atoms with van der Waals surface area (Å²) in [7, 11) is 1.69. The molecule has 1 amide bonds. The van der Waals surface area contributed by atoms with Crippen LogP contribution < -0.4 is 5.73 Å². The summed E-state index contributed by atoms with van der Waals surface area (Å²) < 4.78 is 0. The molecule has 0 aliphatic carbocycles. The Kier molecular flexibility index (Phi) is 3.05. The topological polar surface area (TPSA) is 58.7 Å². The minimum Gasteiger partial charge on any atom is -0.369 e. The van der Waals surface area contributed by atoms with Crippen LogP contribution in [-0.2, 0) is 11.2 Å². The Bertz CT molecular complexity index is 576. The van der Waals surface area contributed by atoms with E-state index in [1.807, 2.05) is 18.7 Å². The predicted octanol–water partition coefficient (Wildman–Crippen LogP) is 1.88. The van der Waals surface area contributed by atoms with Crippen LogP contribution in [0.4, 0.5) is 0 Å². The van der Waals surface area contributed by atoms with E-state index in [9.17, 15) is 4.79 Å². The fraction of sp³-hybridized carbons (Fsp3) is 0.467. The number of benzene rings is 1. The van der Waals surface area contributed by atoms with Crippen LogP contribution >= 0.6 is 11.8 Å². The lowest BCUT2D eigenvalue weighted by Crippen LogP contribution is -2.57. The van der Waals surface area contributed by atoms with E-state index in [2.05, 4.69) is 36.2 Å². The molecule has 2 aliphatic rings. The molecule has 0 spiro atoms. The molecule has 2 aliphatic heterocycles. The third-order valence-electron chi connectivity index (χ3n) is 4.58. The van der Waals surface area contributed by atoms with E-state index in [0.29, 0.717) is 5.96 Å². The summed E-state index contributed by atoms with van der Waals surface area (Å²) in [4.78, 5) is 19.8. The second-order valence-corrected chi connectivity index (χ2v) is 6.98. The maximum Gasteiger partial charge on any atom is 0.234 e. The van der Waals surface area contributed by atoms with Crippen LogP contribution in [0.3, 0.4) is 0 Å². The van der Waals surface area contributed by atoms with E-state index in [0.717, 1.165) is 6.42 Å². The SMILES string of the molecule is C[C@H]1C(=O)N(C)C(N)=N[C@]1(C)C1Cc2ccccc2S1. The van der Waals surface area contributed by atoms with Gasteiger partial charge in [0.1, 0.15) is 0 Å². The summed E-state index contributed by atoms with van der Waals surface area (Å²) in [5.74, 6) is 0.218. The summed E-state index contributed by atoms with van der Waals surface area (Å²) in [6.45, 7) is 4.01. The highest BCUT2D eigenvalue weighted by Crippen LogP contribution is 2.46. The molecule has 2 N–H and O–H groups in total. The van der Waals surface area contributed by atoms with Gasteiger partial charge in [0.15, 0.2) is 5.96 Å². The number of rotatable bonds is 1. The van der Waals surface area contributed by atoms with E-state index in [1.54, 1.807) is 7.05 Å². The average molecular weight is 289 g/mol. The Labute approximate surface area is 123 Å². The normalized spacial score (nSPS) is 33.0. The van der Waals surface area contributed by atoms with Crippen LogP contribution in [0.2, 0.25) is 0 Å². The van der Waals surface area contributed by atoms with Gasteiger partial charge in [0.05, 0.1) is 11.5 Å². The van der Waals surface area contributed by atoms with Crippen LogP contribution in [0.15, 0.2) is 34.2 Å². The molecule has 3 atom stereocenters. The van der Waals surface area contributed by atoms with Crippen molar-refractivity contribution in [2.24, 2.45) is 16.6 Å². The van der Waals surface area contributed by atoms with E-state index in [-0.39, 0.29) is 17.1 Å². The first-order valence-electron chi connectivity index (χ1n) is 6.81. The van der Waals surface area contributed by atoms with Gasteiger partial charge in [0.2, 0.25) is 5.91 Å². The highest BCUT2D eigenvalue weighted by Gasteiger charge is 2.49. The van der Waals surface area contributed by atoms with Crippen molar-refractivity contribution in [2.45, 2.75) is 36.0 Å². The zero-order valence-electron chi connectivity index (χ0n) is 12.0. The molecule has 1 unspecified atom stereocenters. The minimum absolute atomic E-state index is 0.0524. The zero-order chi connectivity index (χ0) is 14.5. The molecule has 3 rings (SSSR count). The molecule has 0 saturated heterocycles. The summed E-state index contributed by atoms with van der Waals surface area (Å²) in [5.41, 5.74) is 6.82. The van der Waals surface area contributed by atoms with Gasteiger partial charge in [-0.15, -0.1) is 11.8 Å². The number of nitrogens with two attached hydrogens (primary N) is 1. The van der Waals surface area contributed by atoms with Gasteiger partial charge in [-0.3, -0.25) is 9.69 Å². The second kappa shape index (κ2) is 4.52. The van der Waals surface area contributed by atoms with Crippen molar-refractivity contribution in [1.82, 2.24) is 4.90 Å². The number of amides is 1. The van der Waals surface area contributed by atoms with Crippen molar-refractivity contribution < 1.29 is 4.79 Å². The first-order valence-corrected chi connectivity index (χ1v) is 7.69. The minimum atomic E-state index is -0.447. The molecule has 5 heteroatoms. The van der Waals surface area contributed by atoms with Crippen molar-refractivity contribution in [2.75, 3.05) is 7.05 Å².